The first-order chi connectivity index (χ1) is 13.0. The molecular weight excluding hydrogens is 387 g/mol. The van der Waals surface area contributed by atoms with Gasteiger partial charge >= 0.3 is 0 Å². The maximum Gasteiger partial charge on any atom is 0.243 e. The maximum atomic E-state index is 13.5. The predicted molar refractivity (Wildman–Crippen MR) is 103 cm³/mol. The summed E-state index contributed by atoms with van der Waals surface area (Å²) in [4.78, 5) is 4.18. The Morgan fingerprint density at radius 2 is 1.74 bits per heavy atom. The van der Waals surface area contributed by atoms with Crippen molar-refractivity contribution < 1.29 is 12.8 Å². The molecule has 0 spiro atoms. The summed E-state index contributed by atoms with van der Waals surface area (Å²) in [5.74, 6) is -0.656. The topological polar surface area (TPSA) is 50.3 Å². The van der Waals surface area contributed by atoms with Crippen molar-refractivity contribution in [2.24, 2.45) is 0 Å². The Morgan fingerprint density at radius 1 is 1.00 bits per heavy atom. The van der Waals surface area contributed by atoms with Gasteiger partial charge in [-0.15, -0.1) is 0 Å². The summed E-state index contributed by atoms with van der Waals surface area (Å²) in [6, 6.07) is 18.4. The minimum absolute atomic E-state index is 0.0436. The van der Waals surface area contributed by atoms with Crippen molar-refractivity contribution in [3.05, 3.63) is 95.0 Å². The first-order valence-corrected chi connectivity index (χ1v) is 10.2. The lowest BCUT2D eigenvalue weighted by molar-refractivity contribution is 0.405. The zero-order chi connectivity index (χ0) is 19.3. The molecule has 0 aliphatic rings. The lowest BCUT2D eigenvalue weighted by atomic mass is 10.1. The van der Waals surface area contributed by atoms with Crippen LogP contribution < -0.4 is 0 Å². The van der Waals surface area contributed by atoms with Gasteiger partial charge in [0.05, 0.1) is 22.2 Å². The summed E-state index contributed by atoms with van der Waals surface area (Å²) in [6.45, 7) is 0.378. The average molecular weight is 405 g/mol. The Kier molecular flexibility index (Phi) is 6.21. The van der Waals surface area contributed by atoms with Gasteiger partial charge in [-0.3, -0.25) is 4.98 Å². The van der Waals surface area contributed by atoms with E-state index in [2.05, 4.69) is 4.98 Å². The first kappa shape index (κ1) is 19.5. The molecule has 7 heteroatoms. The fourth-order valence-electron chi connectivity index (χ4n) is 2.64. The van der Waals surface area contributed by atoms with Crippen LogP contribution in [0.2, 0.25) is 5.02 Å². The van der Waals surface area contributed by atoms with Gasteiger partial charge in [0.1, 0.15) is 5.82 Å². The average Bonchev–Trinajstić information content (AvgIpc) is 2.68. The lowest BCUT2D eigenvalue weighted by Crippen LogP contribution is -2.33. The van der Waals surface area contributed by atoms with Crippen LogP contribution in [0, 0.1) is 5.82 Å². The highest BCUT2D eigenvalue weighted by molar-refractivity contribution is 7.89. The Balaban J connectivity index is 1.90. The number of sulfonamides is 1. The van der Waals surface area contributed by atoms with Gasteiger partial charge in [0.15, 0.2) is 0 Å². The Morgan fingerprint density at radius 3 is 2.41 bits per heavy atom. The Bertz CT molecular complexity index is 999. The van der Waals surface area contributed by atoms with Crippen molar-refractivity contribution in [3.63, 3.8) is 0 Å². The molecule has 0 saturated carbocycles. The van der Waals surface area contributed by atoms with Crippen molar-refractivity contribution >= 4 is 21.6 Å². The van der Waals surface area contributed by atoms with E-state index in [1.165, 1.54) is 10.4 Å². The molecule has 0 N–H and O–H groups in total. The van der Waals surface area contributed by atoms with Crippen LogP contribution in [0.4, 0.5) is 4.39 Å². The van der Waals surface area contributed by atoms with E-state index in [1.807, 2.05) is 30.3 Å². The molecule has 0 aliphatic carbocycles. The van der Waals surface area contributed by atoms with E-state index in [1.54, 1.807) is 24.4 Å². The molecule has 3 rings (SSSR count). The third-order valence-corrected chi connectivity index (χ3v) is 6.22. The van der Waals surface area contributed by atoms with Crippen LogP contribution >= 0.6 is 11.6 Å². The number of pyridine rings is 1. The number of benzene rings is 2. The minimum Gasteiger partial charge on any atom is -0.260 e. The molecule has 0 atom stereocenters. The van der Waals surface area contributed by atoms with E-state index in [9.17, 15) is 12.8 Å². The van der Waals surface area contributed by atoms with E-state index in [4.69, 9.17) is 11.6 Å². The van der Waals surface area contributed by atoms with E-state index in [-0.39, 0.29) is 23.0 Å². The summed E-state index contributed by atoms with van der Waals surface area (Å²) < 4.78 is 41.1. The number of hydrogen-bond acceptors (Lipinski definition) is 3. The molecule has 1 heterocycles. The quantitative estimate of drug-likeness (QED) is 0.589. The highest BCUT2D eigenvalue weighted by Gasteiger charge is 2.25. The summed E-state index contributed by atoms with van der Waals surface area (Å²) in [7, 11) is -3.87. The monoisotopic (exact) mass is 404 g/mol. The first-order valence-electron chi connectivity index (χ1n) is 8.36. The molecule has 1 aromatic heterocycles. The second-order valence-electron chi connectivity index (χ2n) is 5.97. The van der Waals surface area contributed by atoms with Crippen LogP contribution in [0.3, 0.4) is 0 Å². The maximum absolute atomic E-state index is 13.5. The molecule has 0 saturated heterocycles. The van der Waals surface area contributed by atoms with Gasteiger partial charge < -0.3 is 0 Å². The van der Waals surface area contributed by atoms with E-state index < -0.39 is 15.8 Å². The lowest BCUT2D eigenvalue weighted by Gasteiger charge is -2.22. The number of halogens is 2. The SMILES string of the molecule is O=S(=O)(c1ccc(F)c(Cl)c1)N(CCc1ccccc1)Cc1ccccn1. The fraction of sp³-hybridized carbons (Fsp3) is 0.150. The van der Waals surface area contributed by atoms with Crippen LogP contribution in [0.5, 0.6) is 0 Å². The zero-order valence-electron chi connectivity index (χ0n) is 14.4. The van der Waals surface area contributed by atoms with Crippen molar-refractivity contribution in [1.82, 2.24) is 9.29 Å². The number of aromatic nitrogens is 1. The van der Waals surface area contributed by atoms with Crippen LogP contribution in [0.25, 0.3) is 0 Å². The van der Waals surface area contributed by atoms with Crippen molar-refractivity contribution in [2.45, 2.75) is 17.9 Å². The van der Waals surface area contributed by atoms with Gasteiger partial charge in [-0.1, -0.05) is 48.0 Å². The standard InChI is InChI=1S/C20H18ClFN2O2S/c21-19-14-18(9-10-20(19)22)27(25,26)24(15-17-8-4-5-12-23-17)13-11-16-6-2-1-3-7-16/h1-10,12,14H,11,13,15H2. The number of rotatable bonds is 7. The summed E-state index contributed by atoms with van der Waals surface area (Å²) in [6.07, 6.45) is 2.16. The third-order valence-electron chi connectivity index (χ3n) is 4.09. The third kappa shape index (κ3) is 4.91. The van der Waals surface area contributed by atoms with Gasteiger partial charge in [-0.05, 0) is 42.3 Å². The highest BCUT2D eigenvalue weighted by atomic mass is 35.5. The fourth-order valence-corrected chi connectivity index (χ4v) is 4.33. The Hall–Kier alpha value is -2.28. The molecule has 0 amide bonds. The normalized spacial score (nSPS) is 11.7. The molecule has 0 aliphatic heterocycles. The second-order valence-corrected chi connectivity index (χ2v) is 8.32. The van der Waals surface area contributed by atoms with Crippen LogP contribution in [0.15, 0.2) is 77.8 Å². The minimum atomic E-state index is -3.87. The van der Waals surface area contributed by atoms with Crippen LogP contribution in [-0.4, -0.2) is 24.3 Å². The van der Waals surface area contributed by atoms with E-state index in [0.717, 1.165) is 17.7 Å². The molecule has 0 bridgehead atoms. The smallest absolute Gasteiger partial charge is 0.243 e. The van der Waals surface area contributed by atoms with Gasteiger partial charge in [0.25, 0.3) is 0 Å². The summed E-state index contributed by atoms with van der Waals surface area (Å²) in [5.41, 5.74) is 1.65. The number of nitrogens with zero attached hydrogens (tertiary/aromatic N) is 2. The van der Waals surface area contributed by atoms with Gasteiger partial charge in [0.2, 0.25) is 10.0 Å². The molecule has 0 fully saturated rings. The van der Waals surface area contributed by atoms with Crippen molar-refractivity contribution in [3.8, 4) is 0 Å². The molecule has 4 nitrogen and oxygen atoms in total. The van der Waals surface area contributed by atoms with Gasteiger partial charge in [-0.25, -0.2) is 12.8 Å². The molecule has 3 aromatic rings. The van der Waals surface area contributed by atoms with Gasteiger partial charge in [-0.2, -0.15) is 4.31 Å². The second kappa shape index (κ2) is 8.61. The highest BCUT2D eigenvalue weighted by Crippen LogP contribution is 2.23. The predicted octanol–water partition coefficient (Wildman–Crippen LogP) is 4.31. The molecule has 140 valence electrons. The van der Waals surface area contributed by atoms with Gasteiger partial charge in [0, 0.05) is 12.7 Å². The van der Waals surface area contributed by atoms with E-state index in [0.29, 0.717) is 12.1 Å². The zero-order valence-corrected chi connectivity index (χ0v) is 16.0. The van der Waals surface area contributed by atoms with Crippen LogP contribution in [0.1, 0.15) is 11.3 Å². The molecule has 0 unspecified atom stereocenters. The largest absolute Gasteiger partial charge is 0.260 e. The van der Waals surface area contributed by atoms with E-state index >= 15 is 0 Å². The number of hydrogen-bond donors (Lipinski definition) is 0. The summed E-state index contributed by atoms with van der Waals surface area (Å²) >= 11 is 5.79. The molecule has 0 radical (unpaired) electrons. The van der Waals surface area contributed by atoms with Crippen molar-refractivity contribution in [1.29, 1.82) is 0 Å². The molecule has 2 aromatic carbocycles. The van der Waals surface area contributed by atoms with Crippen LogP contribution in [-0.2, 0) is 23.0 Å². The molecular formula is C20H18ClFN2O2S. The summed E-state index contributed by atoms with van der Waals surface area (Å²) in [5, 5.41) is -0.225. The Labute approximate surface area is 163 Å². The molecule has 27 heavy (non-hydrogen) atoms. The van der Waals surface area contributed by atoms with Crippen molar-refractivity contribution in [2.75, 3.05) is 6.54 Å².